The van der Waals surface area contributed by atoms with Gasteiger partial charge in [0.2, 0.25) is 10.0 Å². The van der Waals surface area contributed by atoms with E-state index in [2.05, 4.69) is 11.7 Å². The molecular formula is C11H22N2O4S. The molecule has 1 saturated heterocycles. The summed E-state index contributed by atoms with van der Waals surface area (Å²) in [5.41, 5.74) is 5.65. The number of nitrogens with two attached hydrogens (primary N) is 1. The van der Waals surface area contributed by atoms with Crippen LogP contribution < -0.4 is 5.73 Å². The van der Waals surface area contributed by atoms with Gasteiger partial charge in [0.1, 0.15) is 0 Å². The smallest absolute Gasteiger partial charge is 0.325 e. The Morgan fingerprint density at radius 2 is 2.17 bits per heavy atom. The number of ether oxygens (including phenoxy) is 1. The zero-order valence-electron chi connectivity index (χ0n) is 11.1. The van der Waals surface area contributed by atoms with E-state index in [0.717, 1.165) is 6.42 Å². The van der Waals surface area contributed by atoms with E-state index in [1.54, 1.807) is 0 Å². The summed E-state index contributed by atoms with van der Waals surface area (Å²) < 4.78 is 30.3. The molecule has 0 aromatic rings. The first-order valence-electron chi connectivity index (χ1n) is 6.11. The largest absolute Gasteiger partial charge is 0.468 e. The van der Waals surface area contributed by atoms with Gasteiger partial charge in [0.05, 0.1) is 7.11 Å². The van der Waals surface area contributed by atoms with Gasteiger partial charge in [-0.3, -0.25) is 4.79 Å². The van der Waals surface area contributed by atoms with E-state index < -0.39 is 21.2 Å². The zero-order valence-corrected chi connectivity index (χ0v) is 11.9. The number of hydrogen-bond acceptors (Lipinski definition) is 5. The number of carbonyl (C=O) groups excluding carboxylic acids is 1. The van der Waals surface area contributed by atoms with E-state index in [9.17, 15) is 13.2 Å². The predicted molar refractivity (Wildman–Crippen MR) is 68.3 cm³/mol. The van der Waals surface area contributed by atoms with Crippen LogP contribution in [-0.2, 0) is 19.6 Å². The highest BCUT2D eigenvalue weighted by Gasteiger charge is 2.38. The molecule has 1 aliphatic heterocycles. The van der Waals surface area contributed by atoms with E-state index >= 15 is 0 Å². The Balaban J connectivity index is 2.83. The lowest BCUT2D eigenvalue weighted by Crippen LogP contribution is -2.49. The van der Waals surface area contributed by atoms with Crippen LogP contribution in [0.25, 0.3) is 0 Å². The maximum atomic E-state index is 12.2. The Morgan fingerprint density at radius 1 is 1.56 bits per heavy atom. The van der Waals surface area contributed by atoms with Crippen molar-refractivity contribution in [3.63, 3.8) is 0 Å². The fourth-order valence-corrected chi connectivity index (χ4v) is 3.71. The van der Waals surface area contributed by atoms with Gasteiger partial charge in [0.15, 0.2) is 5.25 Å². The first kappa shape index (κ1) is 15.4. The zero-order chi connectivity index (χ0) is 13.9. The highest BCUT2D eigenvalue weighted by molar-refractivity contribution is 7.90. The molecule has 1 aliphatic rings. The lowest BCUT2D eigenvalue weighted by Gasteiger charge is -2.36. The number of piperidine rings is 1. The fourth-order valence-electron chi connectivity index (χ4n) is 2.17. The van der Waals surface area contributed by atoms with Crippen molar-refractivity contribution < 1.29 is 17.9 Å². The van der Waals surface area contributed by atoms with Crippen molar-refractivity contribution in [3.8, 4) is 0 Å². The van der Waals surface area contributed by atoms with Crippen molar-refractivity contribution in [2.24, 2.45) is 17.6 Å². The second-order valence-corrected chi connectivity index (χ2v) is 7.08. The molecule has 2 N–H and O–H groups in total. The summed E-state index contributed by atoms with van der Waals surface area (Å²) in [6, 6.07) is 0. The number of methoxy groups -OCH3 is 1. The standard InChI is InChI=1S/C11H22N2O4S/c1-8-4-5-13(7-10(8)6-12)18(15,16)9(2)11(14)17-3/h8-10H,4-7,12H2,1-3H3. The summed E-state index contributed by atoms with van der Waals surface area (Å²) >= 11 is 0. The molecule has 18 heavy (non-hydrogen) atoms. The molecule has 3 atom stereocenters. The van der Waals surface area contributed by atoms with Crippen LogP contribution in [0.5, 0.6) is 0 Å². The molecule has 106 valence electrons. The number of sulfonamides is 1. The second-order valence-electron chi connectivity index (χ2n) is 4.83. The molecule has 0 saturated carbocycles. The molecule has 0 spiro atoms. The normalized spacial score (nSPS) is 27.8. The third-order valence-electron chi connectivity index (χ3n) is 3.72. The van der Waals surface area contributed by atoms with Gasteiger partial charge in [-0.2, -0.15) is 0 Å². The van der Waals surface area contributed by atoms with Crippen LogP contribution in [0, 0.1) is 11.8 Å². The summed E-state index contributed by atoms with van der Waals surface area (Å²) in [4.78, 5) is 11.4. The lowest BCUT2D eigenvalue weighted by molar-refractivity contribution is -0.139. The van der Waals surface area contributed by atoms with Crippen LogP contribution in [0.1, 0.15) is 20.3 Å². The predicted octanol–water partition coefficient (Wildman–Crippen LogP) is -0.206. The van der Waals surface area contributed by atoms with Gasteiger partial charge in [-0.25, -0.2) is 12.7 Å². The van der Waals surface area contributed by atoms with Gasteiger partial charge >= 0.3 is 5.97 Å². The first-order chi connectivity index (χ1) is 8.34. The third-order valence-corrected chi connectivity index (χ3v) is 5.86. The third kappa shape index (κ3) is 3.02. The van der Waals surface area contributed by atoms with Crippen LogP contribution >= 0.6 is 0 Å². The summed E-state index contributed by atoms with van der Waals surface area (Å²) in [6.07, 6.45) is 0.773. The Kier molecular flexibility index (Phi) is 5.12. The lowest BCUT2D eigenvalue weighted by atomic mass is 9.88. The molecule has 0 aliphatic carbocycles. The van der Waals surface area contributed by atoms with E-state index in [0.29, 0.717) is 25.6 Å². The van der Waals surface area contributed by atoms with Crippen molar-refractivity contribution >= 4 is 16.0 Å². The van der Waals surface area contributed by atoms with Crippen molar-refractivity contribution in [2.75, 3.05) is 26.7 Å². The molecular weight excluding hydrogens is 256 g/mol. The Labute approximate surface area is 109 Å². The molecule has 1 rings (SSSR count). The Morgan fingerprint density at radius 3 is 2.67 bits per heavy atom. The molecule has 0 radical (unpaired) electrons. The summed E-state index contributed by atoms with van der Waals surface area (Å²) in [6.45, 7) is 4.73. The van der Waals surface area contributed by atoms with Gasteiger partial charge in [-0.05, 0) is 31.7 Å². The molecule has 1 fully saturated rings. The minimum atomic E-state index is -3.64. The van der Waals surface area contributed by atoms with Crippen molar-refractivity contribution in [2.45, 2.75) is 25.5 Å². The van der Waals surface area contributed by atoms with Gasteiger partial charge in [0, 0.05) is 13.1 Å². The summed E-state index contributed by atoms with van der Waals surface area (Å²) in [7, 11) is -2.45. The molecule has 0 amide bonds. The monoisotopic (exact) mass is 278 g/mol. The van der Waals surface area contributed by atoms with Crippen LogP contribution in [0.15, 0.2) is 0 Å². The van der Waals surface area contributed by atoms with Gasteiger partial charge in [-0.15, -0.1) is 0 Å². The highest BCUT2D eigenvalue weighted by atomic mass is 32.2. The molecule has 0 aromatic heterocycles. The molecule has 3 unspecified atom stereocenters. The topological polar surface area (TPSA) is 89.7 Å². The summed E-state index contributed by atoms with van der Waals surface area (Å²) in [5, 5.41) is -1.16. The minimum Gasteiger partial charge on any atom is -0.468 e. The Bertz CT molecular complexity index is 396. The fraction of sp³-hybridized carbons (Fsp3) is 0.909. The van der Waals surface area contributed by atoms with Crippen molar-refractivity contribution in [3.05, 3.63) is 0 Å². The molecule has 7 heteroatoms. The summed E-state index contributed by atoms with van der Waals surface area (Å²) in [5.74, 6) is -0.161. The van der Waals surface area contributed by atoms with Gasteiger partial charge in [0.25, 0.3) is 0 Å². The van der Waals surface area contributed by atoms with Gasteiger partial charge in [-0.1, -0.05) is 6.92 Å². The maximum absolute atomic E-state index is 12.2. The minimum absolute atomic E-state index is 0.151. The van der Waals surface area contributed by atoms with Gasteiger partial charge < -0.3 is 10.5 Å². The van der Waals surface area contributed by atoms with E-state index in [1.165, 1.54) is 18.3 Å². The number of rotatable bonds is 4. The van der Waals surface area contributed by atoms with Crippen LogP contribution in [0.3, 0.4) is 0 Å². The number of nitrogens with zero attached hydrogens (tertiary/aromatic N) is 1. The molecule has 0 aromatic carbocycles. The van der Waals surface area contributed by atoms with E-state index in [1.807, 2.05) is 0 Å². The second kappa shape index (κ2) is 5.99. The maximum Gasteiger partial charge on any atom is 0.325 e. The first-order valence-corrected chi connectivity index (χ1v) is 7.61. The highest BCUT2D eigenvalue weighted by Crippen LogP contribution is 2.25. The average molecular weight is 278 g/mol. The number of hydrogen-bond donors (Lipinski definition) is 1. The quantitative estimate of drug-likeness (QED) is 0.719. The average Bonchev–Trinajstić information content (AvgIpc) is 2.37. The SMILES string of the molecule is COC(=O)C(C)S(=O)(=O)N1CCC(C)C(CN)C1. The van der Waals surface area contributed by atoms with Crippen molar-refractivity contribution in [1.82, 2.24) is 4.31 Å². The molecule has 6 nitrogen and oxygen atoms in total. The molecule has 1 heterocycles. The van der Waals surface area contributed by atoms with E-state index in [4.69, 9.17) is 5.73 Å². The van der Waals surface area contributed by atoms with E-state index in [-0.39, 0.29) is 5.92 Å². The van der Waals surface area contributed by atoms with Crippen LogP contribution in [0.4, 0.5) is 0 Å². The van der Waals surface area contributed by atoms with Crippen LogP contribution in [-0.4, -0.2) is 50.7 Å². The van der Waals surface area contributed by atoms with Crippen molar-refractivity contribution in [1.29, 1.82) is 0 Å². The molecule has 0 bridgehead atoms. The Hall–Kier alpha value is -0.660. The van der Waals surface area contributed by atoms with Crippen LogP contribution in [0.2, 0.25) is 0 Å². The number of esters is 1. The number of carbonyl (C=O) groups is 1.